The van der Waals surface area contributed by atoms with Crippen LogP contribution in [0.25, 0.3) is 0 Å². The zero-order valence-electron chi connectivity index (χ0n) is 8.29. The molecule has 3 N–H and O–H groups in total. The van der Waals surface area contributed by atoms with Crippen molar-refractivity contribution in [3.63, 3.8) is 0 Å². The number of nitrogens with zero attached hydrogens (tertiary/aromatic N) is 1. The third-order valence-electron chi connectivity index (χ3n) is 1.89. The van der Waals surface area contributed by atoms with E-state index in [4.69, 9.17) is 5.73 Å². The average molecular weight is 193 g/mol. The number of nitrogens with one attached hydrogen (secondary N) is 1. The number of hydrogen-bond acceptors (Lipinski definition) is 3. The molecule has 0 radical (unpaired) electrons. The minimum Gasteiger partial charge on any atom is -0.351 e. The summed E-state index contributed by atoms with van der Waals surface area (Å²) in [6.07, 6.45) is 2.41. The number of carbonyl (C=O) groups is 1. The number of nitrogens with two attached hydrogens (primary N) is 1. The largest absolute Gasteiger partial charge is 0.351 e. The van der Waals surface area contributed by atoms with E-state index < -0.39 is 0 Å². The summed E-state index contributed by atoms with van der Waals surface area (Å²) in [5.41, 5.74) is 6.69. The van der Waals surface area contributed by atoms with E-state index in [2.05, 4.69) is 10.3 Å². The second-order valence-electron chi connectivity index (χ2n) is 3.07. The Morgan fingerprint density at radius 2 is 2.43 bits per heavy atom. The fourth-order valence-corrected chi connectivity index (χ4v) is 1.11. The summed E-state index contributed by atoms with van der Waals surface area (Å²) in [6.45, 7) is 3.05. The van der Waals surface area contributed by atoms with E-state index in [-0.39, 0.29) is 5.91 Å². The Hall–Kier alpha value is -1.42. The van der Waals surface area contributed by atoms with Gasteiger partial charge in [-0.25, -0.2) is 0 Å². The van der Waals surface area contributed by atoms with Crippen molar-refractivity contribution in [1.82, 2.24) is 10.3 Å². The van der Waals surface area contributed by atoms with Crippen molar-refractivity contribution in [3.05, 3.63) is 29.6 Å². The monoisotopic (exact) mass is 193 g/mol. The van der Waals surface area contributed by atoms with E-state index >= 15 is 0 Å². The molecule has 1 amide bonds. The molecule has 14 heavy (non-hydrogen) atoms. The fourth-order valence-electron chi connectivity index (χ4n) is 1.11. The van der Waals surface area contributed by atoms with Gasteiger partial charge in [0.15, 0.2) is 0 Å². The maximum atomic E-state index is 11.5. The van der Waals surface area contributed by atoms with Gasteiger partial charge in [-0.1, -0.05) is 6.07 Å². The van der Waals surface area contributed by atoms with Gasteiger partial charge in [0.1, 0.15) is 5.69 Å². The first kappa shape index (κ1) is 10.7. The van der Waals surface area contributed by atoms with Gasteiger partial charge in [-0.05, 0) is 31.5 Å². The summed E-state index contributed by atoms with van der Waals surface area (Å²) in [7, 11) is 0. The number of aromatic nitrogens is 1. The molecule has 0 aromatic carbocycles. The molecule has 4 heteroatoms. The Morgan fingerprint density at radius 3 is 3.07 bits per heavy atom. The van der Waals surface area contributed by atoms with E-state index in [1.165, 1.54) is 0 Å². The molecule has 1 heterocycles. The number of rotatable bonds is 4. The third kappa shape index (κ3) is 2.81. The molecule has 0 spiro atoms. The predicted octanol–water partition coefficient (Wildman–Crippen LogP) is 0.469. The van der Waals surface area contributed by atoms with Crippen molar-refractivity contribution < 1.29 is 4.79 Å². The van der Waals surface area contributed by atoms with Crippen LogP contribution < -0.4 is 11.1 Å². The molecule has 0 bridgehead atoms. The van der Waals surface area contributed by atoms with Gasteiger partial charge >= 0.3 is 0 Å². The van der Waals surface area contributed by atoms with Crippen molar-refractivity contribution in [2.24, 2.45) is 5.73 Å². The molecule has 0 atom stereocenters. The summed E-state index contributed by atoms with van der Waals surface area (Å²) in [6, 6.07) is 3.68. The summed E-state index contributed by atoms with van der Waals surface area (Å²) in [4.78, 5) is 15.5. The number of carbonyl (C=O) groups excluding carboxylic acids is 1. The highest BCUT2D eigenvalue weighted by Crippen LogP contribution is 2.02. The van der Waals surface area contributed by atoms with Gasteiger partial charge in [0, 0.05) is 12.7 Å². The highest BCUT2D eigenvalue weighted by atomic mass is 16.1. The van der Waals surface area contributed by atoms with Crippen molar-refractivity contribution in [2.45, 2.75) is 13.3 Å². The lowest BCUT2D eigenvalue weighted by Crippen LogP contribution is -2.27. The molecule has 1 aromatic rings. The van der Waals surface area contributed by atoms with E-state index in [0.717, 1.165) is 12.0 Å². The third-order valence-corrected chi connectivity index (χ3v) is 1.89. The number of hydrogen-bond donors (Lipinski definition) is 2. The molecule has 4 nitrogen and oxygen atoms in total. The summed E-state index contributed by atoms with van der Waals surface area (Å²) >= 11 is 0. The normalized spacial score (nSPS) is 9.86. The minimum atomic E-state index is -0.128. The average Bonchev–Trinajstić information content (AvgIpc) is 2.18. The van der Waals surface area contributed by atoms with Crippen LogP contribution in [0.2, 0.25) is 0 Å². The highest BCUT2D eigenvalue weighted by Gasteiger charge is 2.07. The van der Waals surface area contributed by atoms with Crippen LogP contribution in [0.4, 0.5) is 0 Å². The van der Waals surface area contributed by atoms with Crippen molar-refractivity contribution in [2.75, 3.05) is 13.1 Å². The summed E-state index contributed by atoms with van der Waals surface area (Å²) in [5, 5.41) is 2.76. The Bertz CT molecular complexity index is 312. The standard InChI is InChI=1S/C10H15N3O/c1-8-4-2-6-12-9(8)10(14)13-7-3-5-11/h2,4,6H,3,5,7,11H2,1H3,(H,13,14). The van der Waals surface area contributed by atoms with Gasteiger partial charge < -0.3 is 11.1 Å². The second-order valence-corrected chi connectivity index (χ2v) is 3.07. The Morgan fingerprint density at radius 1 is 1.64 bits per heavy atom. The lowest BCUT2D eigenvalue weighted by Gasteiger charge is -2.05. The van der Waals surface area contributed by atoms with Gasteiger partial charge in [0.25, 0.3) is 5.91 Å². The molecule has 1 rings (SSSR count). The van der Waals surface area contributed by atoms with Crippen molar-refractivity contribution in [3.8, 4) is 0 Å². The van der Waals surface area contributed by atoms with Crippen LogP contribution in [0.1, 0.15) is 22.5 Å². The van der Waals surface area contributed by atoms with Crippen LogP contribution in [0, 0.1) is 6.92 Å². The number of pyridine rings is 1. The Kier molecular flexibility index (Phi) is 4.07. The van der Waals surface area contributed by atoms with Crippen molar-refractivity contribution >= 4 is 5.91 Å². The van der Waals surface area contributed by atoms with Crippen LogP contribution in [0.15, 0.2) is 18.3 Å². The van der Waals surface area contributed by atoms with Crippen LogP contribution in [-0.4, -0.2) is 24.0 Å². The van der Waals surface area contributed by atoms with Crippen LogP contribution in [-0.2, 0) is 0 Å². The Labute approximate surface area is 83.5 Å². The maximum absolute atomic E-state index is 11.5. The smallest absolute Gasteiger partial charge is 0.270 e. The molecule has 0 fully saturated rings. The van der Waals surface area contributed by atoms with E-state index in [0.29, 0.717) is 18.8 Å². The molecule has 76 valence electrons. The summed E-state index contributed by atoms with van der Waals surface area (Å²) in [5.74, 6) is -0.128. The molecule has 0 aliphatic rings. The lowest BCUT2D eigenvalue weighted by molar-refractivity contribution is 0.0948. The lowest BCUT2D eigenvalue weighted by atomic mass is 10.2. The maximum Gasteiger partial charge on any atom is 0.270 e. The van der Waals surface area contributed by atoms with Crippen LogP contribution >= 0.6 is 0 Å². The van der Waals surface area contributed by atoms with Gasteiger partial charge in [-0.3, -0.25) is 9.78 Å². The number of amides is 1. The van der Waals surface area contributed by atoms with E-state index in [9.17, 15) is 4.79 Å². The second kappa shape index (κ2) is 5.34. The van der Waals surface area contributed by atoms with Gasteiger partial charge in [-0.2, -0.15) is 0 Å². The van der Waals surface area contributed by atoms with Gasteiger partial charge in [0.05, 0.1) is 0 Å². The zero-order valence-corrected chi connectivity index (χ0v) is 8.29. The first-order valence-electron chi connectivity index (χ1n) is 4.65. The quantitative estimate of drug-likeness (QED) is 0.683. The molecular weight excluding hydrogens is 178 g/mol. The molecule has 0 saturated carbocycles. The minimum absolute atomic E-state index is 0.128. The molecule has 0 aliphatic heterocycles. The topological polar surface area (TPSA) is 68.0 Å². The van der Waals surface area contributed by atoms with Gasteiger partial charge in [-0.15, -0.1) is 0 Å². The van der Waals surface area contributed by atoms with Crippen LogP contribution in [0.3, 0.4) is 0 Å². The highest BCUT2D eigenvalue weighted by molar-refractivity contribution is 5.93. The van der Waals surface area contributed by atoms with E-state index in [1.54, 1.807) is 6.20 Å². The van der Waals surface area contributed by atoms with E-state index in [1.807, 2.05) is 19.1 Å². The molecule has 1 aromatic heterocycles. The SMILES string of the molecule is Cc1cccnc1C(=O)NCCCN. The molecule has 0 saturated heterocycles. The van der Waals surface area contributed by atoms with Crippen molar-refractivity contribution in [1.29, 1.82) is 0 Å². The van der Waals surface area contributed by atoms with Gasteiger partial charge in [0.2, 0.25) is 0 Å². The first-order chi connectivity index (χ1) is 6.75. The zero-order chi connectivity index (χ0) is 10.4. The first-order valence-corrected chi connectivity index (χ1v) is 4.65. The predicted molar refractivity (Wildman–Crippen MR) is 55.0 cm³/mol. The molecule has 0 unspecified atom stereocenters. The number of aryl methyl sites for hydroxylation is 1. The fraction of sp³-hybridized carbons (Fsp3) is 0.400. The molecular formula is C10H15N3O. The molecule has 0 aliphatic carbocycles. The van der Waals surface area contributed by atoms with Crippen LogP contribution in [0.5, 0.6) is 0 Å². The Balaban J connectivity index is 2.56. The summed E-state index contributed by atoms with van der Waals surface area (Å²) < 4.78 is 0.